The average Bonchev–Trinajstić information content (AvgIpc) is 3.44. The number of hydrogen-bond donors (Lipinski definition) is 0. The van der Waals surface area contributed by atoms with Gasteiger partial charge in [-0.1, -0.05) is 17.2 Å². The molecule has 0 aliphatic heterocycles. The number of aryl methyl sites for hydroxylation is 1. The van der Waals surface area contributed by atoms with Gasteiger partial charge in [-0.2, -0.15) is 44.3 Å². The molecule has 0 radical (unpaired) electrons. The lowest BCUT2D eigenvalue weighted by Crippen LogP contribution is -2.25. The van der Waals surface area contributed by atoms with Gasteiger partial charge in [0.05, 0.1) is 38.0 Å². The molecule has 0 amide bonds. The summed E-state index contributed by atoms with van der Waals surface area (Å²) in [6.07, 6.45) is -12.6. The Kier molecular flexibility index (Phi) is 9.87. The number of aromatic nitrogens is 4. The van der Waals surface area contributed by atoms with Crippen LogP contribution in [0, 0.1) is 0 Å². The number of hydrogen-bond acceptors (Lipinski definition) is 7. The molecule has 17 heteroatoms. The van der Waals surface area contributed by atoms with Gasteiger partial charge in [0.25, 0.3) is 5.95 Å². The molecule has 0 fully saturated rings. The van der Waals surface area contributed by atoms with Gasteiger partial charge in [-0.3, -0.25) is 0 Å². The Morgan fingerprint density at radius 3 is 1.98 bits per heavy atom. The van der Waals surface area contributed by atoms with E-state index >= 15 is 0 Å². The maximum absolute atomic E-state index is 13.9. The van der Waals surface area contributed by atoms with Gasteiger partial charge in [-0.25, -0.2) is 4.79 Å². The molecule has 1 aromatic heterocycles. The maximum Gasteiger partial charge on any atom is 0.416 e. The smallest absolute Gasteiger partial charge is 0.416 e. The van der Waals surface area contributed by atoms with Gasteiger partial charge >= 0.3 is 24.5 Å². The highest BCUT2D eigenvalue weighted by Gasteiger charge is 2.37. The molecule has 1 heterocycles. The molecule has 0 N–H and O–H groups in total. The van der Waals surface area contributed by atoms with Crippen molar-refractivity contribution in [1.82, 2.24) is 20.2 Å². The first-order chi connectivity index (χ1) is 21.9. The van der Waals surface area contributed by atoms with Gasteiger partial charge < -0.3 is 14.4 Å². The monoisotopic (exact) mass is 673 g/mol. The summed E-state index contributed by atoms with van der Waals surface area (Å²) in [4.78, 5) is 13.7. The van der Waals surface area contributed by atoms with Crippen LogP contribution >= 0.6 is 0 Å². The third-order valence-corrected chi connectivity index (χ3v) is 6.72. The molecule has 0 saturated heterocycles. The molecule has 0 aliphatic carbocycles. The highest BCUT2D eigenvalue weighted by atomic mass is 19.4. The van der Waals surface area contributed by atoms with Gasteiger partial charge in [0, 0.05) is 24.7 Å². The second-order valence-electron chi connectivity index (χ2n) is 10.0. The largest absolute Gasteiger partial charge is 0.496 e. The SMILES string of the molecule is COC(=O)/C=C/c1ccc(OC)c(-c2ccc(C(F)(F)F)cc2CN(Cc2cc(C(F)(F)F)cc(C(F)(F)F)c2)c2nnn(C)n2)c1. The van der Waals surface area contributed by atoms with E-state index in [2.05, 4.69) is 20.1 Å². The Balaban J connectivity index is 1.89. The van der Waals surface area contributed by atoms with Crippen LogP contribution in [0.1, 0.15) is 33.4 Å². The molecule has 0 bridgehead atoms. The number of tetrazole rings is 1. The molecule has 0 spiro atoms. The number of alkyl halides is 9. The van der Waals surface area contributed by atoms with Gasteiger partial charge in [0.15, 0.2) is 0 Å². The van der Waals surface area contributed by atoms with Crippen LogP contribution in [-0.4, -0.2) is 40.4 Å². The first-order valence-corrected chi connectivity index (χ1v) is 13.3. The first kappa shape index (κ1) is 34.8. The number of carbonyl (C=O) groups excluding carboxylic acids is 1. The Morgan fingerprint density at radius 1 is 0.809 bits per heavy atom. The summed E-state index contributed by atoms with van der Waals surface area (Å²) in [6, 6.07) is 8.30. The van der Waals surface area contributed by atoms with E-state index in [1.54, 1.807) is 6.07 Å². The minimum atomic E-state index is -5.14. The van der Waals surface area contributed by atoms with Gasteiger partial charge in [-0.15, -0.1) is 5.10 Å². The van der Waals surface area contributed by atoms with Crippen molar-refractivity contribution >= 4 is 18.0 Å². The van der Waals surface area contributed by atoms with E-state index in [0.29, 0.717) is 17.7 Å². The fraction of sp³-hybridized carbons (Fsp3) is 0.267. The normalized spacial score (nSPS) is 12.4. The Hall–Kier alpha value is -5.09. The second kappa shape index (κ2) is 13.3. The molecule has 0 aliphatic rings. The molecular formula is C30H24F9N5O3. The molecule has 8 nitrogen and oxygen atoms in total. The summed E-state index contributed by atoms with van der Waals surface area (Å²) < 4.78 is 133. The zero-order chi connectivity index (χ0) is 34.7. The molecule has 250 valence electrons. The number of benzene rings is 3. The van der Waals surface area contributed by atoms with E-state index in [9.17, 15) is 44.3 Å². The Labute approximate surface area is 261 Å². The Bertz CT molecular complexity index is 1750. The van der Waals surface area contributed by atoms with Crippen molar-refractivity contribution in [3.63, 3.8) is 0 Å². The lowest BCUT2D eigenvalue weighted by molar-refractivity contribution is -0.143. The van der Waals surface area contributed by atoms with E-state index < -0.39 is 59.8 Å². The molecule has 4 rings (SSSR count). The molecular weight excluding hydrogens is 649 g/mol. The summed E-state index contributed by atoms with van der Waals surface area (Å²) in [5.74, 6) is -0.755. The van der Waals surface area contributed by atoms with Gasteiger partial charge in [-0.05, 0) is 76.0 Å². The molecule has 3 aromatic carbocycles. The number of nitrogens with zero attached hydrogens (tertiary/aromatic N) is 5. The summed E-state index contributed by atoms with van der Waals surface area (Å²) >= 11 is 0. The average molecular weight is 674 g/mol. The van der Waals surface area contributed by atoms with Crippen LogP contribution < -0.4 is 9.64 Å². The fourth-order valence-electron chi connectivity index (χ4n) is 4.57. The highest BCUT2D eigenvalue weighted by Crippen LogP contribution is 2.40. The van der Waals surface area contributed by atoms with Gasteiger partial charge in [0.2, 0.25) is 0 Å². The minimum absolute atomic E-state index is 0.0345. The van der Waals surface area contributed by atoms with E-state index in [4.69, 9.17) is 4.74 Å². The quantitative estimate of drug-likeness (QED) is 0.105. The highest BCUT2D eigenvalue weighted by molar-refractivity contribution is 5.87. The predicted octanol–water partition coefficient (Wildman–Crippen LogP) is 7.34. The van der Waals surface area contributed by atoms with Crippen LogP contribution in [0.15, 0.2) is 60.7 Å². The van der Waals surface area contributed by atoms with E-state index in [1.807, 2.05) is 0 Å². The molecule has 47 heavy (non-hydrogen) atoms. The predicted molar refractivity (Wildman–Crippen MR) is 150 cm³/mol. The summed E-state index contributed by atoms with van der Waals surface area (Å²) in [5.41, 5.74) is -3.92. The number of ether oxygens (including phenoxy) is 2. The molecule has 0 saturated carbocycles. The zero-order valence-corrected chi connectivity index (χ0v) is 24.6. The van der Waals surface area contributed by atoms with Crippen molar-refractivity contribution < 1.29 is 53.8 Å². The van der Waals surface area contributed by atoms with Crippen molar-refractivity contribution in [1.29, 1.82) is 0 Å². The standard InChI is InChI=1S/C30H24F9N5O3/c1-43-41-27(40-42-43)44(15-18-10-21(29(34,35)36)14-22(11-18)30(37,38)39)16-19-13-20(28(31,32)33)6-7-23(19)24-12-17(4-8-25(24)46-2)5-9-26(45)47-3/h4-14H,15-16H2,1-3H3/b9-5+. The maximum atomic E-state index is 13.9. The van der Waals surface area contributed by atoms with Crippen molar-refractivity contribution in [3.05, 3.63) is 94.1 Å². The number of anilines is 1. The summed E-state index contributed by atoms with van der Waals surface area (Å²) in [6.45, 7) is -1.22. The lowest BCUT2D eigenvalue weighted by Gasteiger charge is -2.25. The molecule has 0 atom stereocenters. The van der Waals surface area contributed by atoms with Crippen molar-refractivity contribution in [2.75, 3.05) is 19.1 Å². The van der Waals surface area contributed by atoms with Crippen LogP contribution in [0.25, 0.3) is 17.2 Å². The summed E-state index contributed by atoms with van der Waals surface area (Å²) in [7, 11) is 3.82. The van der Waals surface area contributed by atoms with Crippen LogP contribution in [0.4, 0.5) is 45.5 Å². The number of methoxy groups -OCH3 is 2. The zero-order valence-electron chi connectivity index (χ0n) is 24.6. The third kappa shape index (κ3) is 8.59. The molecule has 0 unspecified atom stereocenters. The van der Waals surface area contributed by atoms with E-state index in [-0.39, 0.29) is 34.5 Å². The molecule has 4 aromatic rings. The first-order valence-electron chi connectivity index (χ1n) is 13.3. The summed E-state index contributed by atoms with van der Waals surface area (Å²) in [5, 5.41) is 11.5. The number of rotatable bonds is 9. The van der Waals surface area contributed by atoms with Crippen LogP contribution in [0.2, 0.25) is 0 Å². The topological polar surface area (TPSA) is 82.4 Å². The van der Waals surface area contributed by atoms with Gasteiger partial charge in [0.1, 0.15) is 5.75 Å². The third-order valence-electron chi connectivity index (χ3n) is 6.72. The van der Waals surface area contributed by atoms with Crippen molar-refractivity contribution in [2.45, 2.75) is 31.6 Å². The fourth-order valence-corrected chi connectivity index (χ4v) is 4.57. The number of halogens is 9. The second-order valence-corrected chi connectivity index (χ2v) is 10.0. The van der Waals surface area contributed by atoms with Crippen LogP contribution in [0.5, 0.6) is 5.75 Å². The minimum Gasteiger partial charge on any atom is -0.496 e. The Morgan fingerprint density at radius 2 is 1.45 bits per heavy atom. The van der Waals surface area contributed by atoms with Crippen molar-refractivity contribution in [3.8, 4) is 16.9 Å². The number of esters is 1. The van der Waals surface area contributed by atoms with E-state index in [0.717, 1.165) is 34.0 Å². The van der Waals surface area contributed by atoms with Crippen LogP contribution in [-0.2, 0) is 48.2 Å². The lowest BCUT2D eigenvalue weighted by atomic mass is 9.94. The van der Waals surface area contributed by atoms with Crippen molar-refractivity contribution in [2.24, 2.45) is 7.05 Å². The number of carbonyl (C=O) groups is 1. The van der Waals surface area contributed by atoms with Crippen LogP contribution in [0.3, 0.4) is 0 Å². The van der Waals surface area contributed by atoms with E-state index in [1.165, 1.54) is 39.5 Å².